The molecule has 2 heterocycles. The average Bonchev–Trinajstić information content (AvgIpc) is 3.54. The zero-order valence-electron chi connectivity index (χ0n) is 19.3. The van der Waals surface area contributed by atoms with E-state index in [0.717, 1.165) is 11.3 Å². The maximum atomic E-state index is 12.6. The number of furan rings is 1. The van der Waals surface area contributed by atoms with E-state index < -0.39 is 0 Å². The number of nitrogens with zero attached hydrogens (tertiary/aromatic N) is 2. The van der Waals surface area contributed by atoms with Crippen LogP contribution in [0.15, 0.2) is 95.7 Å². The van der Waals surface area contributed by atoms with Crippen molar-refractivity contribution in [2.24, 2.45) is 0 Å². The van der Waals surface area contributed by atoms with Gasteiger partial charge >= 0.3 is 0 Å². The number of hydrogen-bond acceptors (Lipinski definition) is 5. The third kappa shape index (κ3) is 5.35. The first-order valence-electron chi connectivity index (χ1n) is 11.4. The van der Waals surface area contributed by atoms with Crippen molar-refractivity contribution >= 4 is 22.4 Å². The zero-order valence-corrected chi connectivity index (χ0v) is 19.3. The number of amides is 1. The van der Waals surface area contributed by atoms with E-state index >= 15 is 0 Å². The molecule has 0 aliphatic rings. The summed E-state index contributed by atoms with van der Waals surface area (Å²) in [7, 11) is 0. The van der Waals surface area contributed by atoms with Crippen LogP contribution in [0, 0.1) is 0 Å². The fourth-order valence-electron chi connectivity index (χ4n) is 3.84. The first-order valence-corrected chi connectivity index (χ1v) is 11.4. The van der Waals surface area contributed by atoms with Crippen LogP contribution in [0.3, 0.4) is 0 Å². The average molecular weight is 468 g/mol. The van der Waals surface area contributed by atoms with Crippen LogP contribution in [0.2, 0.25) is 0 Å². The van der Waals surface area contributed by atoms with E-state index in [-0.39, 0.29) is 18.3 Å². The van der Waals surface area contributed by atoms with Crippen molar-refractivity contribution in [3.8, 4) is 11.5 Å². The molecular weight excluding hydrogens is 442 g/mol. The minimum absolute atomic E-state index is 0.206. The van der Waals surface area contributed by atoms with Gasteiger partial charge in [-0.1, -0.05) is 42.5 Å². The first kappa shape index (κ1) is 22.3. The molecule has 5 aromatic rings. The lowest BCUT2D eigenvalue weighted by Crippen LogP contribution is -2.10. The predicted molar refractivity (Wildman–Crippen MR) is 134 cm³/mol. The molecule has 1 amide bonds. The highest BCUT2D eigenvalue weighted by Gasteiger charge is 2.13. The van der Waals surface area contributed by atoms with Crippen LogP contribution in [0.4, 0.5) is 5.69 Å². The van der Waals surface area contributed by atoms with Gasteiger partial charge in [-0.15, -0.1) is 0 Å². The molecule has 7 nitrogen and oxygen atoms in total. The van der Waals surface area contributed by atoms with Gasteiger partial charge in [0.1, 0.15) is 23.9 Å². The van der Waals surface area contributed by atoms with Gasteiger partial charge in [-0.05, 0) is 59.7 Å². The molecule has 0 aliphatic heterocycles. The van der Waals surface area contributed by atoms with Crippen LogP contribution < -0.4 is 14.8 Å². The number of carbonyl (C=O) groups is 1. The summed E-state index contributed by atoms with van der Waals surface area (Å²) < 4.78 is 18.6. The number of nitrogens with one attached hydrogen (secondary N) is 1. The van der Waals surface area contributed by atoms with Crippen molar-refractivity contribution in [1.82, 2.24) is 9.78 Å². The second-order valence-corrected chi connectivity index (χ2v) is 7.98. The molecule has 35 heavy (non-hydrogen) atoms. The first-order chi connectivity index (χ1) is 17.2. The molecule has 0 saturated heterocycles. The summed E-state index contributed by atoms with van der Waals surface area (Å²) in [5.41, 5.74) is 1.76. The number of ether oxygens (including phenoxy) is 2. The third-order valence-corrected chi connectivity index (χ3v) is 5.50. The maximum absolute atomic E-state index is 12.6. The Morgan fingerprint density at radius 3 is 2.54 bits per heavy atom. The summed E-state index contributed by atoms with van der Waals surface area (Å²) in [6.45, 7) is 3.37. The van der Waals surface area contributed by atoms with Crippen LogP contribution in [-0.4, -0.2) is 22.3 Å². The smallest absolute Gasteiger partial charge is 0.291 e. The lowest BCUT2D eigenvalue weighted by atomic mass is 10.0. The molecule has 0 spiro atoms. The largest absolute Gasteiger partial charge is 0.494 e. The Morgan fingerprint density at radius 1 is 0.943 bits per heavy atom. The topological polar surface area (TPSA) is 78.5 Å². The molecule has 0 saturated carbocycles. The number of rotatable bonds is 9. The Labute approximate surface area is 202 Å². The van der Waals surface area contributed by atoms with Gasteiger partial charge < -0.3 is 19.2 Å². The molecule has 176 valence electrons. The van der Waals surface area contributed by atoms with Gasteiger partial charge in [0.05, 0.1) is 25.0 Å². The van der Waals surface area contributed by atoms with Gasteiger partial charge in [-0.3, -0.25) is 9.48 Å². The van der Waals surface area contributed by atoms with Gasteiger partial charge in [0.25, 0.3) is 5.91 Å². The molecule has 0 radical (unpaired) electrons. The molecule has 5 rings (SSSR count). The molecular formula is C28H25N3O4. The van der Waals surface area contributed by atoms with Gasteiger partial charge in [0.2, 0.25) is 0 Å². The van der Waals surface area contributed by atoms with E-state index in [9.17, 15) is 4.79 Å². The second kappa shape index (κ2) is 10.2. The maximum Gasteiger partial charge on any atom is 0.291 e. The molecule has 1 N–H and O–H groups in total. The molecule has 0 atom stereocenters. The van der Waals surface area contributed by atoms with Crippen LogP contribution >= 0.6 is 0 Å². The molecule has 3 aromatic carbocycles. The summed E-state index contributed by atoms with van der Waals surface area (Å²) in [5, 5.41) is 9.60. The molecule has 0 aliphatic carbocycles. The van der Waals surface area contributed by atoms with Crippen LogP contribution in [0.5, 0.6) is 11.5 Å². The van der Waals surface area contributed by atoms with E-state index in [1.54, 1.807) is 29.2 Å². The highest BCUT2D eigenvalue weighted by atomic mass is 16.5. The Balaban J connectivity index is 1.18. The SMILES string of the molecule is CCOc1ccc(OCc2ccc(C(=O)Nc3cnn(Cc4cccc5ccccc45)c3)o2)cc1. The van der Waals surface area contributed by atoms with Crippen molar-refractivity contribution in [2.75, 3.05) is 11.9 Å². The van der Waals surface area contributed by atoms with E-state index in [2.05, 4.69) is 34.7 Å². The minimum Gasteiger partial charge on any atom is -0.494 e. The fourth-order valence-corrected chi connectivity index (χ4v) is 3.84. The molecule has 0 unspecified atom stereocenters. The van der Waals surface area contributed by atoms with Gasteiger partial charge in [-0.25, -0.2) is 0 Å². The van der Waals surface area contributed by atoms with Gasteiger partial charge in [0.15, 0.2) is 5.76 Å². The molecule has 0 bridgehead atoms. The summed E-state index contributed by atoms with van der Waals surface area (Å²) >= 11 is 0. The quantitative estimate of drug-likeness (QED) is 0.292. The van der Waals surface area contributed by atoms with Crippen molar-refractivity contribution < 1.29 is 18.7 Å². The monoisotopic (exact) mass is 467 g/mol. The Hall–Kier alpha value is -4.52. The summed E-state index contributed by atoms with van der Waals surface area (Å²) in [6, 6.07) is 25.2. The van der Waals surface area contributed by atoms with Crippen molar-refractivity contribution in [2.45, 2.75) is 20.1 Å². The standard InChI is InChI=1S/C28H25N3O4/c1-2-33-23-10-12-24(13-11-23)34-19-25-14-15-27(35-25)28(32)30-22-16-29-31(18-22)17-21-8-5-7-20-6-3-4-9-26(20)21/h3-16,18H,2,17,19H2,1H3,(H,30,32). The van der Waals surface area contributed by atoms with Crippen molar-refractivity contribution in [3.05, 3.63) is 108 Å². The lowest BCUT2D eigenvalue weighted by molar-refractivity contribution is 0.0992. The second-order valence-electron chi connectivity index (χ2n) is 7.98. The highest BCUT2D eigenvalue weighted by Crippen LogP contribution is 2.21. The summed E-state index contributed by atoms with van der Waals surface area (Å²) in [6.07, 6.45) is 3.43. The van der Waals surface area contributed by atoms with Gasteiger partial charge in [0, 0.05) is 6.20 Å². The predicted octanol–water partition coefficient (Wildman–Crippen LogP) is 5.91. The molecule has 7 heteroatoms. The number of carbonyl (C=O) groups excluding carboxylic acids is 1. The van der Waals surface area contributed by atoms with E-state index in [1.165, 1.54) is 10.8 Å². The molecule has 2 aromatic heterocycles. The third-order valence-electron chi connectivity index (χ3n) is 5.50. The number of anilines is 1. The minimum atomic E-state index is -0.345. The molecule has 0 fully saturated rings. The number of hydrogen-bond donors (Lipinski definition) is 1. The van der Waals surface area contributed by atoms with Crippen molar-refractivity contribution in [3.63, 3.8) is 0 Å². The number of benzene rings is 3. The highest BCUT2D eigenvalue weighted by molar-refractivity contribution is 6.02. The summed E-state index contributed by atoms with van der Waals surface area (Å²) in [5.74, 6) is 1.89. The van der Waals surface area contributed by atoms with Crippen LogP contribution in [0.25, 0.3) is 10.8 Å². The van der Waals surface area contributed by atoms with Crippen LogP contribution in [0.1, 0.15) is 28.8 Å². The van der Waals surface area contributed by atoms with E-state index in [0.29, 0.717) is 30.3 Å². The normalized spacial score (nSPS) is 10.9. The summed E-state index contributed by atoms with van der Waals surface area (Å²) in [4.78, 5) is 12.6. The number of fused-ring (bicyclic) bond motifs is 1. The number of aromatic nitrogens is 2. The Kier molecular flexibility index (Phi) is 6.48. The van der Waals surface area contributed by atoms with E-state index in [4.69, 9.17) is 13.9 Å². The van der Waals surface area contributed by atoms with Crippen molar-refractivity contribution in [1.29, 1.82) is 0 Å². The van der Waals surface area contributed by atoms with Gasteiger partial charge in [-0.2, -0.15) is 5.10 Å². The Bertz CT molecular complexity index is 1430. The Morgan fingerprint density at radius 2 is 1.71 bits per heavy atom. The fraction of sp³-hybridized carbons (Fsp3) is 0.143. The van der Waals surface area contributed by atoms with E-state index in [1.807, 2.05) is 49.4 Å². The zero-order chi connectivity index (χ0) is 24.0. The van der Waals surface area contributed by atoms with Crippen LogP contribution in [-0.2, 0) is 13.2 Å². The lowest BCUT2D eigenvalue weighted by Gasteiger charge is -2.06.